The van der Waals surface area contributed by atoms with Crippen molar-refractivity contribution in [1.29, 1.82) is 0 Å². The van der Waals surface area contributed by atoms with E-state index >= 15 is 0 Å². The molecular formula is C22H23ClF3N. The van der Waals surface area contributed by atoms with Gasteiger partial charge in [-0.05, 0) is 54.2 Å². The molecular weight excluding hydrogens is 371 g/mol. The molecule has 0 aliphatic rings. The van der Waals surface area contributed by atoms with E-state index < -0.39 is 24.5 Å². The van der Waals surface area contributed by atoms with E-state index in [0.29, 0.717) is 6.07 Å². The van der Waals surface area contributed by atoms with Crippen LogP contribution in [0.1, 0.15) is 41.5 Å². The van der Waals surface area contributed by atoms with Crippen molar-refractivity contribution in [2.24, 2.45) is 0 Å². The van der Waals surface area contributed by atoms with Crippen molar-refractivity contribution in [1.82, 2.24) is 5.32 Å². The van der Waals surface area contributed by atoms with Crippen LogP contribution >= 0.6 is 12.4 Å². The number of aryl methyl sites for hydroxylation is 1. The van der Waals surface area contributed by atoms with Crippen LogP contribution in [0.4, 0.5) is 13.2 Å². The van der Waals surface area contributed by atoms with E-state index in [1.807, 2.05) is 49.4 Å². The van der Waals surface area contributed by atoms with Gasteiger partial charge in [0.1, 0.15) is 0 Å². The number of hydrogen-bond donors (Lipinski definition) is 1. The second-order valence-electron chi connectivity index (χ2n) is 6.05. The van der Waals surface area contributed by atoms with E-state index in [0.717, 1.165) is 28.5 Å². The van der Waals surface area contributed by atoms with Gasteiger partial charge in [0.05, 0.1) is 5.56 Å². The van der Waals surface area contributed by atoms with Gasteiger partial charge in [0, 0.05) is 11.5 Å². The minimum atomic E-state index is -4.63. The van der Waals surface area contributed by atoms with Crippen LogP contribution in [0.2, 0.25) is 0 Å². The van der Waals surface area contributed by atoms with Gasteiger partial charge in [-0.1, -0.05) is 60.7 Å². The second-order valence-corrected chi connectivity index (χ2v) is 6.05. The molecule has 0 unspecified atom stereocenters. The lowest BCUT2D eigenvalue weighted by molar-refractivity contribution is -0.137. The molecule has 27 heavy (non-hydrogen) atoms. The zero-order valence-corrected chi connectivity index (χ0v) is 15.5. The van der Waals surface area contributed by atoms with E-state index in [4.69, 9.17) is 5.48 Å². The molecule has 0 bridgehead atoms. The molecule has 0 aliphatic heterocycles. The minimum Gasteiger partial charge on any atom is -0.310 e. The summed E-state index contributed by atoms with van der Waals surface area (Å²) in [5.74, 6) is 0. The summed E-state index contributed by atoms with van der Waals surface area (Å²) >= 11 is 0. The van der Waals surface area contributed by atoms with Crippen LogP contribution in [-0.2, 0) is 12.5 Å². The third-order valence-corrected chi connectivity index (χ3v) is 4.21. The van der Waals surface area contributed by atoms with Crippen LogP contribution in [0.5, 0.6) is 0 Å². The highest BCUT2D eigenvalue weighted by Crippen LogP contribution is 2.29. The summed E-state index contributed by atoms with van der Waals surface area (Å²) < 4.78 is 72.0. The summed E-state index contributed by atoms with van der Waals surface area (Å²) in [4.78, 5) is 0. The van der Waals surface area contributed by atoms with E-state index in [1.165, 1.54) is 6.07 Å². The Morgan fingerprint density at radius 2 is 1.70 bits per heavy atom. The molecule has 0 saturated carbocycles. The largest absolute Gasteiger partial charge is 0.416 e. The molecule has 0 aliphatic carbocycles. The second kappa shape index (κ2) is 9.25. The van der Waals surface area contributed by atoms with Gasteiger partial charge in [0.25, 0.3) is 0 Å². The molecule has 0 spiro atoms. The van der Waals surface area contributed by atoms with E-state index in [1.54, 1.807) is 0 Å². The Morgan fingerprint density at radius 1 is 1.00 bits per heavy atom. The Morgan fingerprint density at radius 3 is 2.48 bits per heavy atom. The van der Waals surface area contributed by atoms with Crippen LogP contribution in [0.25, 0.3) is 10.8 Å². The van der Waals surface area contributed by atoms with Gasteiger partial charge in [-0.2, -0.15) is 13.2 Å². The van der Waals surface area contributed by atoms with Gasteiger partial charge in [-0.15, -0.1) is 12.4 Å². The molecule has 0 fully saturated rings. The molecule has 5 heteroatoms. The van der Waals surface area contributed by atoms with Crippen molar-refractivity contribution >= 4 is 23.2 Å². The van der Waals surface area contributed by atoms with Crippen molar-refractivity contribution in [2.45, 2.75) is 31.9 Å². The average molecular weight is 398 g/mol. The number of hydrogen-bond acceptors (Lipinski definition) is 1. The third-order valence-electron chi connectivity index (χ3n) is 4.21. The summed E-state index contributed by atoms with van der Waals surface area (Å²) in [7, 11) is 0. The normalized spacial score (nSPS) is 15.9. The number of nitrogens with one attached hydrogen (secondary N) is 1. The molecule has 1 N–H and O–H groups in total. The molecule has 3 aromatic carbocycles. The Bertz CT molecular complexity index is 1040. The Kier molecular flexibility index (Phi) is 5.47. The first-order chi connectivity index (χ1) is 13.9. The van der Waals surface area contributed by atoms with E-state index in [2.05, 4.69) is 5.32 Å². The Labute approximate surface area is 169 Å². The molecule has 0 radical (unpaired) electrons. The lowest BCUT2D eigenvalue weighted by Gasteiger charge is -2.17. The first-order valence-corrected chi connectivity index (χ1v) is 8.32. The molecule has 3 aromatic rings. The van der Waals surface area contributed by atoms with Crippen LogP contribution in [0.15, 0.2) is 66.7 Å². The SMILES string of the molecule is Cl.[2H]C([2H])(CN[C@H](C)c1cccc2ccccc12)C([2H])([2H])c1cccc(C(F)(F)F)c1. The van der Waals surface area contributed by atoms with Crippen LogP contribution in [0.3, 0.4) is 0 Å². The van der Waals surface area contributed by atoms with Crippen molar-refractivity contribution in [2.75, 3.05) is 6.54 Å². The number of halogens is 4. The quantitative estimate of drug-likeness (QED) is 0.496. The molecule has 0 heterocycles. The van der Waals surface area contributed by atoms with Crippen molar-refractivity contribution in [3.05, 3.63) is 83.4 Å². The highest BCUT2D eigenvalue weighted by atomic mass is 35.5. The van der Waals surface area contributed by atoms with Crippen molar-refractivity contribution < 1.29 is 18.7 Å². The van der Waals surface area contributed by atoms with Gasteiger partial charge in [0.2, 0.25) is 0 Å². The van der Waals surface area contributed by atoms with Gasteiger partial charge in [0.15, 0.2) is 0 Å². The van der Waals surface area contributed by atoms with Crippen LogP contribution in [-0.4, -0.2) is 6.54 Å². The summed E-state index contributed by atoms with van der Waals surface area (Å²) in [5.41, 5.74) is -0.415. The molecule has 0 amide bonds. The Balaban J connectivity index is 0.00000341. The zero-order chi connectivity index (χ0) is 22.2. The summed E-state index contributed by atoms with van der Waals surface area (Å²) in [6.07, 6.45) is -9.70. The lowest BCUT2D eigenvalue weighted by Crippen LogP contribution is -2.20. The maximum absolute atomic E-state index is 13.0. The summed E-state index contributed by atoms with van der Waals surface area (Å²) in [5, 5.41) is 5.05. The van der Waals surface area contributed by atoms with Crippen molar-refractivity contribution in [3.63, 3.8) is 0 Å². The smallest absolute Gasteiger partial charge is 0.310 e. The van der Waals surface area contributed by atoms with E-state index in [9.17, 15) is 13.2 Å². The fraction of sp³-hybridized carbons (Fsp3) is 0.273. The fourth-order valence-electron chi connectivity index (χ4n) is 2.86. The lowest BCUT2D eigenvalue weighted by atomic mass is 9.99. The maximum Gasteiger partial charge on any atom is 0.416 e. The molecule has 3 rings (SSSR count). The number of alkyl halides is 3. The Hall–Kier alpha value is -2.04. The predicted octanol–water partition coefficient (Wildman–Crippen LogP) is 6.56. The fourth-order valence-corrected chi connectivity index (χ4v) is 2.86. The van der Waals surface area contributed by atoms with E-state index in [-0.39, 0.29) is 30.6 Å². The standard InChI is InChI=1S/C22H22F3N.ClH/c1-16(20-13-5-10-18-9-2-3-12-21(18)20)26-14-6-8-17-7-4-11-19(15-17)22(23,24)25;/h2-5,7,9-13,15-16,26H,6,8,14H2,1H3;1H/t16-;/m1./s1/i6D2,8D2;. The highest BCUT2D eigenvalue weighted by Gasteiger charge is 2.30. The van der Waals surface area contributed by atoms with Gasteiger partial charge < -0.3 is 5.32 Å². The predicted molar refractivity (Wildman–Crippen MR) is 107 cm³/mol. The first kappa shape index (κ1) is 16.0. The van der Waals surface area contributed by atoms with Gasteiger partial charge in [-0.3, -0.25) is 0 Å². The minimum absolute atomic E-state index is 0. The molecule has 144 valence electrons. The number of fused-ring (bicyclic) bond motifs is 1. The molecule has 1 nitrogen and oxygen atoms in total. The number of rotatable bonds is 6. The topological polar surface area (TPSA) is 12.0 Å². The first-order valence-electron chi connectivity index (χ1n) is 10.3. The molecule has 1 atom stereocenters. The van der Waals surface area contributed by atoms with Crippen LogP contribution < -0.4 is 5.32 Å². The maximum atomic E-state index is 13.0. The summed E-state index contributed by atoms with van der Waals surface area (Å²) in [6.45, 7) is 1.47. The summed E-state index contributed by atoms with van der Waals surface area (Å²) in [6, 6.07) is 17.0. The average Bonchev–Trinajstić information content (AvgIpc) is 2.71. The van der Waals surface area contributed by atoms with Crippen LogP contribution in [0, 0.1) is 0 Å². The third kappa shape index (κ3) is 5.47. The number of benzene rings is 3. The van der Waals surface area contributed by atoms with Gasteiger partial charge in [-0.25, -0.2) is 0 Å². The molecule has 0 aromatic heterocycles. The van der Waals surface area contributed by atoms with Crippen molar-refractivity contribution in [3.8, 4) is 0 Å². The molecule has 0 saturated heterocycles. The zero-order valence-electron chi connectivity index (χ0n) is 18.7. The van der Waals surface area contributed by atoms with Gasteiger partial charge >= 0.3 is 6.18 Å². The highest BCUT2D eigenvalue weighted by molar-refractivity contribution is 5.86. The monoisotopic (exact) mass is 397 g/mol.